The lowest BCUT2D eigenvalue weighted by molar-refractivity contribution is 0.00863. The summed E-state index contributed by atoms with van der Waals surface area (Å²) in [5.74, 6) is 1.12. The van der Waals surface area contributed by atoms with Crippen molar-refractivity contribution in [2.24, 2.45) is 17.3 Å². The molecular weight excluding hydrogens is 318 g/mol. The van der Waals surface area contributed by atoms with Crippen molar-refractivity contribution in [2.45, 2.75) is 78.1 Å². The van der Waals surface area contributed by atoms with Gasteiger partial charge in [0.2, 0.25) is 0 Å². The first-order valence-electron chi connectivity index (χ1n) is 9.29. The van der Waals surface area contributed by atoms with Gasteiger partial charge in [-0.05, 0) is 62.4 Å². The molecule has 0 aromatic carbocycles. The molecule has 0 bridgehead atoms. The second-order valence-corrected chi connectivity index (χ2v) is 10.8. The molecule has 1 saturated carbocycles. The highest BCUT2D eigenvalue weighted by Crippen LogP contribution is 2.40. The second kappa shape index (κ2) is 9.61. The predicted molar refractivity (Wildman–Crippen MR) is 103 cm³/mol. The Morgan fingerprint density at radius 2 is 1.79 bits per heavy atom. The minimum Gasteiger partial charge on any atom is -0.453 e. The Kier molecular flexibility index (Phi) is 8.50. The molecule has 1 amide bonds. The van der Waals surface area contributed by atoms with Crippen molar-refractivity contribution in [3.63, 3.8) is 0 Å². The largest absolute Gasteiger partial charge is 0.453 e. The van der Waals surface area contributed by atoms with Gasteiger partial charge in [-0.15, -0.1) is 6.58 Å². The molecule has 4 nitrogen and oxygen atoms in total. The zero-order valence-corrected chi connectivity index (χ0v) is 17.6. The van der Waals surface area contributed by atoms with Crippen molar-refractivity contribution in [1.82, 2.24) is 5.32 Å². The summed E-state index contributed by atoms with van der Waals surface area (Å²) in [6.07, 6.45) is 7.28. The minimum atomic E-state index is -1.06. The summed E-state index contributed by atoms with van der Waals surface area (Å²) in [7, 11) is 0.358. The van der Waals surface area contributed by atoms with Crippen molar-refractivity contribution in [3.8, 4) is 0 Å². The third-order valence-electron chi connectivity index (χ3n) is 5.00. The van der Waals surface area contributed by atoms with E-state index in [0.29, 0.717) is 17.9 Å². The van der Waals surface area contributed by atoms with E-state index in [1.165, 1.54) is 20.0 Å². The molecule has 5 heteroatoms. The number of rotatable bonds is 7. The van der Waals surface area contributed by atoms with Crippen LogP contribution < -0.4 is 5.32 Å². The summed E-state index contributed by atoms with van der Waals surface area (Å²) in [6.45, 7) is 15.2. The zero-order valence-electron chi connectivity index (χ0n) is 16.4. The van der Waals surface area contributed by atoms with Crippen LogP contribution in [0.25, 0.3) is 0 Å². The van der Waals surface area contributed by atoms with Crippen LogP contribution in [0.5, 0.6) is 0 Å². The van der Waals surface area contributed by atoms with Crippen molar-refractivity contribution < 1.29 is 14.0 Å². The Bertz CT molecular complexity index is 398. The maximum absolute atomic E-state index is 11.6. The number of nitrogens with one attached hydrogen (secondary N) is 1. The van der Waals surface area contributed by atoms with Gasteiger partial charge >= 0.3 is 6.09 Å². The molecule has 0 radical (unpaired) electrons. The molecule has 1 rings (SSSR count). The Morgan fingerprint density at radius 1 is 1.25 bits per heavy atom. The van der Waals surface area contributed by atoms with Crippen LogP contribution in [0.1, 0.15) is 52.9 Å². The molecule has 0 aromatic heterocycles. The molecule has 0 spiro atoms. The molecule has 1 aliphatic carbocycles. The maximum atomic E-state index is 11.6. The average molecular weight is 356 g/mol. The number of ether oxygens (including phenoxy) is 1. The van der Waals surface area contributed by atoms with E-state index in [2.05, 4.69) is 45.8 Å². The lowest BCUT2D eigenvalue weighted by atomic mass is 9.71. The first-order chi connectivity index (χ1) is 11.2. The van der Waals surface area contributed by atoms with Gasteiger partial charge in [-0.2, -0.15) is 0 Å². The van der Waals surface area contributed by atoms with Crippen molar-refractivity contribution in [2.75, 3.05) is 7.11 Å². The Hall–Kier alpha value is -0.813. The highest BCUT2D eigenvalue weighted by Gasteiger charge is 2.37. The Balaban J connectivity index is 2.68. The monoisotopic (exact) mass is 355 g/mol. The van der Waals surface area contributed by atoms with E-state index < -0.39 is 9.04 Å². The fourth-order valence-electron chi connectivity index (χ4n) is 3.92. The standard InChI is InChI=1S/C19H37NO3Si/c1-8-9-16(20-18(21)22-5)14-10-12-15(13-11-14)17(19(2,3)4)23-24(6)7/h8,14-17,24H,1,9-13H2,2-7H3,(H,20,21)/t14?,15?,16-,17+/m1/s1. The normalized spacial score (nSPS) is 24.3. The second-order valence-electron chi connectivity index (χ2n) is 8.41. The van der Waals surface area contributed by atoms with Gasteiger partial charge < -0.3 is 14.5 Å². The highest BCUT2D eigenvalue weighted by atomic mass is 28.3. The molecular formula is C19H37NO3Si. The fraction of sp³-hybridized carbons (Fsp3) is 0.842. The van der Waals surface area contributed by atoms with E-state index in [4.69, 9.17) is 9.16 Å². The van der Waals surface area contributed by atoms with Gasteiger partial charge in [0, 0.05) is 6.04 Å². The molecule has 0 unspecified atom stereocenters. The summed E-state index contributed by atoms with van der Waals surface area (Å²) in [5.41, 5.74) is 0.180. The topological polar surface area (TPSA) is 47.6 Å². The summed E-state index contributed by atoms with van der Waals surface area (Å²) in [5, 5.41) is 2.99. The minimum absolute atomic E-state index is 0.129. The zero-order chi connectivity index (χ0) is 18.3. The number of amides is 1. The van der Waals surface area contributed by atoms with Gasteiger partial charge in [-0.25, -0.2) is 4.79 Å². The molecule has 140 valence electrons. The molecule has 0 heterocycles. The number of hydrogen-bond donors (Lipinski definition) is 1. The Labute approximate surface area is 150 Å². The van der Waals surface area contributed by atoms with Crippen molar-refractivity contribution in [1.29, 1.82) is 0 Å². The summed E-state index contributed by atoms with van der Waals surface area (Å²) >= 11 is 0. The van der Waals surface area contributed by atoms with E-state index >= 15 is 0 Å². The van der Waals surface area contributed by atoms with Gasteiger partial charge in [0.1, 0.15) is 0 Å². The van der Waals surface area contributed by atoms with E-state index in [9.17, 15) is 4.79 Å². The van der Waals surface area contributed by atoms with Crippen LogP contribution in [0.15, 0.2) is 12.7 Å². The SMILES string of the molecule is C=CC[C@@H](NC(=O)OC)C1CCC([C@H](O[SiH](C)C)C(C)(C)C)CC1. The lowest BCUT2D eigenvalue weighted by Gasteiger charge is -2.42. The van der Waals surface area contributed by atoms with E-state index in [1.807, 2.05) is 6.08 Å². The van der Waals surface area contributed by atoms with Gasteiger partial charge in [0.25, 0.3) is 0 Å². The van der Waals surface area contributed by atoms with Crippen LogP contribution in [-0.4, -0.2) is 34.4 Å². The van der Waals surface area contributed by atoms with Gasteiger partial charge in [-0.1, -0.05) is 26.8 Å². The predicted octanol–water partition coefficient (Wildman–Crippen LogP) is 4.51. The molecule has 24 heavy (non-hydrogen) atoms. The van der Waals surface area contributed by atoms with Crippen LogP contribution in [0.4, 0.5) is 4.79 Å². The summed E-state index contributed by atoms with van der Waals surface area (Å²) in [4.78, 5) is 11.6. The molecule has 1 aliphatic rings. The smallest absolute Gasteiger partial charge is 0.407 e. The van der Waals surface area contributed by atoms with Crippen LogP contribution in [0.2, 0.25) is 13.1 Å². The van der Waals surface area contributed by atoms with Crippen LogP contribution in [0, 0.1) is 17.3 Å². The molecule has 1 N–H and O–H groups in total. The third kappa shape index (κ3) is 6.59. The van der Waals surface area contributed by atoms with Crippen LogP contribution in [0.3, 0.4) is 0 Å². The van der Waals surface area contributed by atoms with E-state index in [0.717, 1.165) is 19.3 Å². The molecule has 2 atom stereocenters. The van der Waals surface area contributed by atoms with Gasteiger partial charge in [0.15, 0.2) is 9.04 Å². The Morgan fingerprint density at radius 3 is 2.21 bits per heavy atom. The van der Waals surface area contributed by atoms with Gasteiger partial charge in [0.05, 0.1) is 13.2 Å². The van der Waals surface area contributed by atoms with Gasteiger partial charge in [-0.3, -0.25) is 0 Å². The van der Waals surface area contributed by atoms with Crippen molar-refractivity contribution >= 4 is 15.1 Å². The lowest BCUT2D eigenvalue weighted by Crippen LogP contribution is -2.44. The highest BCUT2D eigenvalue weighted by molar-refractivity contribution is 6.48. The fourth-order valence-corrected chi connectivity index (χ4v) is 5.14. The number of methoxy groups -OCH3 is 1. The summed E-state index contributed by atoms with van der Waals surface area (Å²) < 4.78 is 11.2. The number of hydrogen-bond acceptors (Lipinski definition) is 3. The quantitative estimate of drug-likeness (QED) is 0.540. The molecule has 0 aliphatic heterocycles. The number of alkyl carbamates (subject to hydrolysis) is 1. The number of carbonyl (C=O) groups is 1. The maximum Gasteiger partial charge on any atom is 0.407 e. The first kappa shape index (κ1) is 21.2. The molecule has 0 saturated heterocycles. The molecule has 0 aromatic rings. The van der Waals surface area contributed by atoms with Crippen LogP contribution >= 0.6 is 0 Å². The summed E-state index contributed by atoms with van der Waals surface area (Å²) in [6, 6.07) is 0.129. The van der Waals surface area contributed by atoms with Crippen molar-refractivity contribution in [3.05, 3.63) is 12.7 Å². The first-order valence-corrected chi connectivity index (χ1v) is 12.1. The number of carbonyl (C=O) groups excluding carboxylic acids is 1. The van der Waals surface area contributed by atoms with E-state index in [1.54, 1.807) is 0 Å². The third-order valence-corrected chi connectivity index (χ3v) is 5.83. The van der Waals surface area contributed by atoms with Crippen LogP contribution in [-0.2, 0) is 9.16 Å². The van der Waals surface area contributed by atoms with E-state index in [-0.39, 0.29) is 17.6 Å². The average Bonchev–Trinajstić information content (AvgIpc) is 2.51. The molecule has 1 fully saturated rings.